The zero-order valence-corrected chi connectivity index (χ0v) is 19.3. The number of halogens is 2. The van der Waals surface area contributed by atoms with Gasteiger partial charge < -0.3 is 10.6 Å². The molecule has 3 amide bonds. The highest BCUT2D eigenvalue weighted by molar-refractivity contribution is 6.53. The number of carbonyl (C=O) groups excluding carboxylic acids is 3. The van der Waals surface area contributed by atoms with Crippen LogP contribution in [-0.4, -0.2) is 17.7 Å². The molecule has 0 aromatic heterocycles. The summed E-state index contributed by atoms with van der Waals surface area (Å²) in [6.07, 6.45) is 0. The highest BCUT2D eigenvalue weighted by atomic mass is 35.5. The minimum Gasteiger partial charge on any atom is -0.350 e. The second kappa shape index (κ2) is 9.10. The van der Waals surface area contributed by atoms with Crippen LogP contribution in [0.3, 0.4) is 0 Å². The van der Waals surface area contributed by atoms with Gasteiger partial charge >= 0.3 is 0 Å². The number of amides is 3. The molecule has 4 rings (SSSR count). The molecule has 1 aliphatic heterocycles. The average Bonchev–Trinajstić information content (AvgIpc) is 2.99. The molecule has 0 atom stereocenters. The molecular weight excluding hydrogens is 461 g/mol. The van der Waals surface area contributed by atoms with Crippen LogP contribution in [0.15, 0.2) is 77.5 Å². The predicted octanol–water partition coefficient (Wildman–Crippen LogP) is 5.64. The number of aryl methyl sites for hydroxylation is 1. The second-order valence-corrected chi connectivity index (χ2v) is 8.33. The largest absolute Gasteiger partial charge is 0.350 e. The van der Waals surface area contributed by atoms with Gasteiger partial charge in [-0.3, -0.25) is 14.4 Å². The predicted molar refractivity (Wildman–Crippen MR) is 131 cm³/mol. The fraction of sp³-hybridized carbons (Fsp3) is 0.0800. The van der Waals surface area contributed by atoms with E-state index in [9.17, 15) is 14.4 Å². The summed E-state index contributed by atoms with van der Waals surface area (Å²) in [6.45, 7) is 3.66. The van der Waals surface area contributed by atoms with Crippen LogP contribution >= 0.6 is 23.2 Å². The Labute approximate surface area is 200 Å². The number of hydrogen-bond donors (Lipinski definition) is 2. The summed E-state index contributed by atoms with van der Waals surface area (Å²) in [4.78, 5) is 39.2. The van der Waals surface area contributed by atoms with Gasteiger partial charge in [0, 0.05) is 22.0 Å². The van der Waals surface area contributed by atoms with E-state index in [0.717, 1.165) is 10.5 Å². The highest BCUT2D eigenvalue weighted by Gasteiger charge is 2.39. The fourth-order valence-corrected chi connectivity index (χ4v) is 3.83. The maximum Gasteiger partial charge on any atom is 0.283 e. The Balaban J connectivity index is 1.50. The Morgan fingerprint density at radius 3 is 2.24 bits per heavy atom. The van der Waals surface area contributed by atoms with Crippen molar-refractivity contribution in [3.05, 3.63) is 99.2 Å². The summed E-state index contributed by atoms with van der Waals surface area (Å²) in [5.74, 6) is -1.49. The molecule has 0 spiro atoms. The van der Waals surface area contributed by atoms with Crippen molar-refractivity contribution in [1.82, 2.24) is 0 Å². The smallest absolute Gasteiger partial charge is 0.283 e. The van der Waals surface area contributed by atoms with Gasteiger partial charge in [0.1, 0.15) is 10.7 Å². The lowest BCUT2D eigenvalue weighted by Crippen LogP contribution is -2.32. The number of nitrogens with one attached hydrogen (secondary N) is 2. The van der Waals surface area contributed by atoms with Gasteiger partial charge in [0.15, 0.2) is 0 Å². The Morgan fingerprint density at radius 1 is 0.848 bits per heavy atom. The standard InChI is InChI=1S/C25H19Cl2N3O3/c1-14-5-3-6-18(13-14)29-23(31)16-9-11-17(12-10-16)28-22-21(27)24(32)30(25(22)33)20-8-4-7-19(26)15(20)2/h3-13,28H,1-2H3,(H,29,31). The van der Waals surface area contributed by atoms with E-state index in [1.54, 1.807) is 49.4 Å². The average molecular weight is 480 g/mol. The number of imide groups is 1. The topological polar surface area (TPSA) is 78.5 Å². The van der Waals surface area contributed by atoms with Crippen LogP contribution in [0.5, 0.6) is 0 Å². The van der Waals surface area contributed by atoms with E-state index in [1.807, 2.05) is 31.2 Å². The minimum absolute atomic E-state index is 0.0435. The van der Waals surface area contributed by atoms with Crippen LogP contribution in [0.25, 0.3) is 0 Å². The summed E-state index contributed by atoms with van der Waals surface area (Å²) in [6, 6.07) is 18.9. The third kappa shape index (κ3) is 4.49. The molecule has 1 heterocycles. The summed E-state index contributed by atoms with van der Waals surface area (Å²) in [5.41, 5.74) is 3.60. The molecule has 0 aliphatic carbocycles. The van der Waals surface area contributed by atoms with Gasteiger partial charge in [0.25, 0.3) is 17.7 Å². The SMILES string of the molecule is Cc1cccc(NC(=O)c2ccc(NC3=C(Cl)C(=O)N(c4cccc(Cl)c4C)C3=O)cc2)c1. The van der Waals surface area contributed by atoms with E-state index in [2.05, 4.69) is 10.6 Å². The maximum atomic E-state index is 13.0. The van der Waals surface area contributed by atoms with E-state index in [0.29, 0.717) is 33.2 Å². The van der Waals surface area contributed by atoms with Gasteiger partial charge in [0.2, 0.25) is 0 Å². The van der Waals surface area contributed by atoms with E-state index in [1.165, 1.54) is 0 Å². The summed E-state index contributed by atoms with van der Waals surface area (Å²) in [7, 11) is 0. The maximum absolute atomic E-state index is 13.0. The molecule has 6 nitrogen and oxygen atoms in total. The van der Waals surface area contributed by atoms with Gasteiger partial charge in [0.05, 0.1) is 5.69 Å². The molecule has 1 aliphatic rings. The Kier molecular flexibility index (Phi) is 6.22. The molecule has 0 saturated heterocycles. The van der Waals surface area contributed by atoms with Crippen molar-refractivity contribution in [2.24, 2.45) is 0 Å². The van der Waals surface area contributed by atoms with Gasteiger partial charge in [-0.05, 0) is 73.5 Å². The van der Waals surface area contributed by atoms with Crippen LogP contribution in [-0.2, 0) is 9.59 Å². The molecule has 0 radical (unpaired) electrons. The minimum atomic E-state index is -0.635. The van der Waals surface area contributed by atoms with Crippen molar-refractivity contribution in [2.75, 3.05) is 15.5 Å². The van der Waals surface area contributed by atoms with E-state index in [-0.39, 0.29) is 16.6 Å². The third-order valence-corrected chi connectivity index (χ3v) is 5.96. The van der Waals surface area contributed by atoms with Crippen molar-refractivity contribution in [3.8, 4) is 0 Å². The lowest BCUT2D eigenvalue weighted by Gasteiger charge is -2.18. The molecule has 2 N–H and O–H groups in total. The second-order valence-electron chi connectivity index (χ2n) is 7.54. The van der Waals surface area contributed by atoms with Crippen LogP contribution in [0.4, 0.5) is 17.1 Å². The first-order valence-corrected chi connectivity index (χ1v) is 10.8. The van der Waals surface area contributed by atoms with E-state index < -0.39 is 11.8 Å². The molecule has 8 heteroatoms. The van der Waals surface area contributed by atoms with Crippen LogP contribution in [0, 0.1) is 13.8 Å². The Morgan fingerprint density at radius 2 is 1.55 bits per heavy atom. The van der Waals surface area contributed by atoms with E-state index >= 15 is 0 Å². The van der Waals surface area contributed by atoms with Crippen LogP contribution in [0.2, 0.25) is 5.02 Å². The van der Waals surface area contributed by atoms with Crippen molar-refractivity contribution in [3.63, 3.8) is 0 Å². The molecule has 0 unspecified atom stereocenters. The first-order valence-electron chi connectivity index (χ1n) is 10.0. The van der Waals surface area contributed by atoms with Crippen molar-refractivity contribution in [1.29, 1.82) is 0 Å². The first kappa shape index (κ1) is 22.6. The molecule has 33 heavy (non-hydrogen) atoms. The lowest BCUT2D eigenvalue weighted by atomic mass is 10.1. The lowest BCUT2D eigenvalue weighted by molar-refractivity contribution is -0.120. The Hall–Kier alpha value is -3.61. The van der Waals surface area contributed by atoms with E-state index in [4.69, 9.17) is 23.2 Å². The van der Waals surface area contributed by atoms with Gasteiger partial charge in [-0.1, -0.05) is 41.4 Å². The monoisotopic (exact) mass is 479 g/mol. The fourth-order valence-electron chi connectivity index (χ4n) is 3.44. The van der Waals surface area contributed by atoms with Crippen molar-refractivity contribution < 1.29 is 14.4 Å². The Bertz CT molecular complexity index is 1320. The normalized spacial score (nSPS) is 13.5. The molecule has 3 aromatic rings. The number of hydrogen-bond acceptors (Lipinski definition) is 4. The molecule has 0 saturated carbocycles. The van der Waals surface area contributed by atoms with Crippen LogP contribution < -0.4 is 15.5 Å². The summed E-state index contributed by atoms with van der Waals surface area (Å²) < 4.78 is 0. The number of nitrogens with zero attached hydrogens (tertiary/aromatic N) is 1. The molecule has 166 valence electrons. The molecule has 3 aromatic carbocycles. The quantitative estimate of drug-likeness (QED) is 0.463. The molecular formula is C25H19Cl2N3O3. The highest BCUT2D eigenvalue weighted by Crippen LogP contribution is 2.34. The number of anilines is 3. The summed E-state index contributed by atoms with van der Waals surface area (Å²) in [5, 5.41) is 5.95. The van der Waals surface area contributed by atoms with Gasteiger partial charge in [-0.2, -0.15) is 0 Å². The van der Waals surface area contributed by atoms with Crippen LogP contribution in [0.1, 0.15) is 21.5 Å². The summed E-state index contributed by atoms with van der Waals surface area (Å²) >= 11 is 12.3. The molecule has 0 fully saturated rings. The third-order valence-electron chi connectivity index (χ3n) is 5.20. The van der Waals surface area contributed by atoms with Crippen molar-refractivity contribution in [2.45, 2.75) is 13.8 Å². The van der Waals surface area contributed by atoms with Gasteiger partial charge in [-0.15, -0.1) is 0 Å². The number of rotatable bonds is 5. The zero-order valence-electron chi connectivity index (χ0n) is 17.8. The van der Waals surface area contributed by atoms with Gasteiger partial charge in [-0.25, -0.2) is 4.90 Å². The first-order chi connectivity index (χ1) is 15.8. The molecule has 0 bridgehead atoms. The number of benzene rings is 3. The number of carbonyl (C=O) groups is 3. The van der Waals surface area contributed by atoms with Crippen molar-refractivity contribution >= 4 is 58.0 Å². The zero-order chi connectivity index (χ0) is 23.7.